The average molecular weight is 634 g/mol. The molecule has 0 saturated heterocycles. The molecule has 0 aliphatic rings. The number of halogens is 2. The lowest BCUT2D eigenvalue weighted by atomic mass is 10.1. The summed E-state index contributed by atoms with van der Waals surface area (Å²) in [7, 11) is -2.96. The molecule has 202 valence electrons. The number of methoxy groups -OCH3 is 1. The van der Waals surface area contributed by atoms with Gasteiger partial charge in [-0.3, -0.25) is 4.57 Å². The molecule has 0 N–H and O–H groups in total. The van der Waals surface area contributed by atoms with E-state index in [1.807, 2.05) is 31.2 Å². The van der Waals surface area contributed by atoms with E-state index < -0.39 is 32.5 Å². The highest BCUT2D eigenvalue weighted by atomic mass is 79.9. The maximum absolute atomic E-state index is 15.6. The van der Waals surface area contributed by atoms with E-state index >= 15 is 4.39 Å². The van der Waals surface area contributed by atoms with Crippen molar-refractivity contribution >= 4 is 53.7 Å². The number of aryl methyl sites for hydroxylation is 1. The molecule has 2 aromatic heterocycles. The lowest BCUT2D eigenvalue weighted by Crippen LogP contribution is -2.31. The Balaban J connectivity index is 1.60. The summed E-state index contributed by atoms with van der Waals surface area (Å²) < 4.78 is 61.1. The van der Waals surface area contributed by atoms with Crippen LogP contribution >= 0.6 is 27.5 Å². The minimum atomic E-state index is -4.50. The van der Waals surface area contributed by atoms with Crippen LogP contribution in [-0.2, 0) is 16.6 Å². The molecule has 0 aliphatic heterocycles. The minimum Gasteiger partial charge on any atom is -0.497 e. The summed E-state index contributed by atoms with van der Waals surface area (Å²) in [6.07, 6.45) is 1.23. The molecule has 13 heteroatoms. The van der Waals surface area contributed by atoms with Gasteiger partial charge in [-0.2, -0.15) is 4.37 Å². The van der Waals surface area contributed by atoms with E-state index in [1.165, 1.54) is 18.0 Å². The zero-order valence-electron chi connectivity index (χ0n) is 21.0. The van der Waals surface area contributed by atoms with Gasteiger partial charge in [0.2, 0.25) is 5.13 Å². The lowest BCUT2D eigenvalue weighted by molar-refractivity contribution is 0.414. The summed E-state index contributed by atoms with van der Waals surface area (Å²) in [5.74, 6) is -1.14. The van der Waals surface area contributed by atoms with Crippen molar-refractivity contribution in [1.82, 2.24) is 13.9 Å². The number of fused-ring (bicyclic) bond motifs is 1. The third-order valence-corrected chi connectivity index (χ3v) is 9.43. The van der Waals surface area contributed by atoms with E-state index in [0.29, 0.717) is 11.3 Å². The molecule has 2 heterocycles. The predicted octanol–water partition coefficient (Wildman–Crippen LogP) is 5.67. The number of sulfonamides is 1. The zero-order chi connectivity index (χ0) is 27.9. The first-order valence-corrected chi connectivity index (χ1v) is 14.6. The second kappa shape index (κ2) is 10.5. The summed E-state index contributed by atoms with van der Waals surface area (Å²) in [4.78, 5) is 16.3. The van der Waals surface area contributed by atoms with Crippen LogP contribution in [0.5, 0.6) is 5.75 Å². The SMILES string of the molecule is COc1ccc(CN(c2ncns2)S(=O)(=O)c2cc3oc(=O)n([C@H](C)c4cccc(Br)c4)c3cc2F)c(C)c1. The van der Waals surface area contributed by atoms with Crippen LogP contribution in [0.1, 0.15) is 29.7 Å². The van der Waals surface area contributed by atoms with E-state index in [0.717, 1.165) is 43.6 Å². The molecule has 3 aromatic carbocycles. The van der Waals surface area contributed by atoms with Gasteiger partial charge in [-0.1, -0.05) is 34.1 Å². The van der Waals surface area contributed by atoms with Crippen LogP contribution in [0.3, 0.4) is 0 Å². The van der Waals surface area contributed by atoms with Gasteiger partial charge in [0.05, 0.1) is 25.2 Å². The maximum atomic E-state index is 15.6. The molecule has 0 fully saturated rings. The fraction of sp³-hybridized carbons (Fsp3) is 0.192. The van der Waals surface area contributed by atoms with Gasteiger partial charge in [0.25, 0.3) is 10.0 Å². The van der Waals surface area contributed by atoms with E-state index in [4.69, 9.17) is 9.15 Å². The highest BCUT2D eigenvalue weighted by Gasteiger charge is 2.32. The van der Waals surface area contributed by atoms with Crippen LogP contribution in [0, 0.1) is 12.7 Å². The quantitative estimate of drug-likeness (QED) is 0.217. The van der Waals surface area contributed by atoms with Gasteiger partial charge in [-0.25, -0.2) is 26.9 Å². The van der Waals surface area contributed by atoms with Crippen molar-refractivity contribution in [3.8, 4) is 5.75 Å². The summed E-state index contributed by atoms with van der Waals surface area (Å²) in [6.45, 7) is 3.46. The summed E-state index contributed by atoms with van der Waals surface area (Å²) in [5.41, 5.74) is 2.30. The van der Waals surface area contributed by atoms with Crippen molar-refractivity contribution in [3.05, 3.63) is 98.5 Å². The van der Waals surface area contributed by atoms with Crippen LogP contribution in [0.4, 0.5) is 9.52 Å². The van der Waals surface area contributed by atoms with Crippen molar-refractivity contribution < 1.29 is 22.0 Å². The molecule has 0 spiro atoms. The number of hydrogen-bond acceptors (Lipinski definition) is 8. The Morgan fingerprint density at radius 1 is 1.21 bits per heavy atom. The number of benzene rings is 3. The van der Waals surface area contributed by atoms with E-state index in [-0.39, 0.29) is 22.8 Å². The number of ether oxygens (including phenoxy) is 1. The predicted molar refractivity (Wildman–Crippen MR) is 149 cm³/mol. The standard InChI is InChI=1S/C26H22BrFN4O5S2/c1-15-9-20(36-3)8-7-18(15)13-31(25-29-14-30-38-25)39(34,35)24-12-23-22(11-21(24)28)32(26(33)37-23)16(2)17-5-4-6-19(27)10-17/h4-12,14,16H,13H2,1-3H3/t16-/m1/s1. The van der Waals surface area contributed by atoms with Crippen molar-refractivity contribution in [3.63, 3.8) is 0 Å². The van der Waals surface area contributed by atoms with E-state index in [1.54, 1.807) is 25.1 Å². The number of hydrogen-bond donors (Lipinski definition) is 0. The van der Waals surface area contributed by atoms with Gasteiger partial charge in [0, 0.05) is 28.1 Å². The monoisotopic (exact) mass is 632 g/mol. The molecule has 0 unspecified atom stereocenters. The molecule has 0 aliphatic carbocycles. The molecule has 0 amide bonds. The number of aromatic nitrogens is 3. The second-order valence-electron chi connectivity index (χ2n) is 8.75. The molecule has 39 heavy (non-hydrogen) atoms. The van der Waals surface area contributed by atoms with Crippen LogP contribution in [-0.4, -0.2) is 29.5 Å². The molecule has 1 atom stereocenters. The van der Waals surface area contributed by atoms with Gasteiger partial charge in [0.15, 0.2) is 5.58 Å². The lowest BCUT2D eigenvalue weighted by Gasteiger charge is -2.23. The molecular formula is C26H22BrFN4O5S2. The van der Waals surface area contributed by atoms with Crippen LogP contribution in [0.2, 0.25) is 0 Å². The first-order valence-electron chi connectivity index (χ1n) is 11.6. The third kappa shape index (κ3) is 5.09. The average Bonchev–Trinajstić information content (AvgIpc) is 3.54. The molecule has 0 bridgehead atoms. The van der Waals surface area contributed by atoms with Crippen molar-refractivity contribution in [1.29, 1.82) is 0 Å². The van der Waals surface area contributed by atoms with Gasteiger partial charge in [-0.15, -0.1) is 0 Å². The molecule has 9 nitrogen and oxygen atoms in total. The van der Waals surface area contributed by atoms with Gasteiger partial charge < -0.3 is 9.15 Å². The number of rotatable bonds is 8. The number of oxazole rings is 1. The van der Waals surface area contributed by atoms with Crippen LogP contribution in [0.15, 0.2) is 79.5 Å². The molecule has 0 saturated carbocycles. The van der Waals surface area contributed by atoms with Crippen LogP contribution < -0.4 is 14.8 Å². The Kier molecular flexibility index (Phi) is 7.31. The Hall–Kier alpha value is -3.55. The molecule has 5 aromatic rings. The Morgan fingerprint density at radius 2 is 2.00 bits per heavy atom. The highest BCUT2D eigenvalue weighted by molar-refractivity contribution is 9.10. The highest BCUT2D eigenvalue weighted by Crippen LogP contribution is 2.32. The van der Waals surface area contributed by atoms with Crippen molar-refractivity contribution in [2.24, 2.45) is 0 Å². The zero-order valence-corrected chi connectivity index (χ0v) is 24.2. The van der Waals surface area contributed by atoms with Crippen LogP contribution in [0.25, 0.3) is 11.1 Å². The van der Waals surface area contributed by atoms with Crippen molar-refractivity contribution in [2.75, 3.05) is 11.4 Å². The molecular weight excluding hydrogens is 611 g/mol. The molecule has 0 radical (unpaired) electrons. The minimum absolute atomic E-state index is 0.0559. The topological polar surface area (TPSA) is 108 Å². The summed E-state index contributed by atoms with van der Waals surface area (Å²) >= 11 is 4.27. The van der Waals surface area contributed by atoms with Crippen molar-refractivity contribution in [2.45, 2.75) is 31.3 Å². The summed E-state index contributed by atoms with van der Waals surface area (Å²) in [6, 6.07) is 14.1. The third-order valence-electron chi connectivity index (χ3n) is 6.38. The Morgan fingerprint density at radius 3 is 2.67 bits per heavy atom. The smallest absolute Gasteiger partial charge is 0.420 e. The fourth-order valence-corrected chi connectivity index (χ4v) is 6.90. The maximum Gasteiger partial charge on any atom is 0.420 e. The normalized spacial score (nSPS) is 12.5. The Bertz CT molecular complexity index is 1840. The first kappa shape index (κ1) is 27.0. The molecule has 5 rings (SSSR count). The van der Waals surface area contributed by atoms with Gasteiger partial charge in [-0.05, 0) is 54.8 Å². The first-order chi connectivity index (χ1) is 18.6. The Labute approximate surface area is 235 Å². The largest absolute Gasteiger partial charge is 0.497 e. The van der Waals surface area contributed by atoms with E-state index in [9.17, 15) is 13.2 Å². The van der Waals surface area contributed by atoms with Gasteiger partial charge in [0.1, 0.15) is 22.8 Å². The van der Waals surface area contributed by atoms with Gasteiger partial charge >= 0.3 is 5.76 Å². The van der Waals surface area contributed by atoms with E-state index in [2.05, 4.69) is 25.3 Å². The number of anilines is 1. The second-order valence-corrected chi connectivity index (χ2v) is 12.3. The fourth-order valence-electron chi connectivity index (χ4n) is 4.29. The summed E-state index contributed by atoms with van der Waals surface area (Å²) in [5, 5.41) is 0.0621. The number of nitrogens with zero attached hydrogens (tertiary/aromatic N) is 4.